The van der Waals surface area contributed by atoms with Crippen LogP contribution < -0.4 is 4.74 Å². The summed E-state index contributed by atoms with van der Waals surface area (Å²) in [5, 5.41) is 10.2. The van der Waals surface area contributed by atoms with Gasteiger partial charge in [-0.2, -0.15) is 0 Å². The number of hydrogen-bond donors (Lipinski definition) is 1. The van der Waals surface area contributed by atoms with Gasteiger partial charge in [0, 0.05) is 10.6 Å². The molecule has 0 radical (unpaired) electrons. The molecule has 0 aliphatic carbocycles. The maximum atomic E-state index is 10.2. The summed E-state index contributed by atoms with van der Waals surface area (Å²) in [6.45, 7) is 0. The van der Waals surface area contributed by atoms with Crippen LogP contribution >= 0.6 is 11.8 Å². The molecule has 0 amide bonds. The number of benzene rings is 3. The van der Waals surface area contributed by atoms with Crippen LogP contribution in [-0.2, 0) is 0 Å². The van der Waals surface area contributed by atoms with E-state index in [4.69, 9.17) is 4.74 Å². The highest BCUT2D eigenvalue weighted by molar-refractivity contribution is 7.99. The first kappa shape index (κ1) is 15.7. The van der Waals surface area contributed by atoms with Gasteiger partial charge in [0.25, 0.3) is 0 Å². The van der Waals surface area contributed by atoms with Crippen LogP contribution in [0.1, 0.15) is 11.7 Å². The summed E-state index contributed by atoms with van der Waals surface area (Å²) >= 11 is 1.63. The van der Waals surface area contributed by atoms with Gasteiger partial charge in [0.2, 0.25) is 0 Å². The Morgan fingerprint density at radius 2 is 1.30 bits per heavy atom. The molecular formula is C20H18O2S. The third kappa shape index (κ3) is 4.62. The van der Waals surface area contributed by atoms with Gasteiger partial charge in [-0.05, 0) is 42.0 Å². The topological polar surface area (TPSA) is 29.5 Å². The van der Waals surface area contributed by atoms with Gasteiger partial charge >= 0.3 is 0 Å². The zero-order chi connectivity index (χ0) is 15.9. The molecule has 0 saturated heterocycles. The SMILES string of the molecule is OC(CSc1ccc(Oc2ccccc2)cc1)c1ccccc1. The highest BCUT2D eigenvalue weighted by Gasteiger charge is 2.07. The van der Waals surface area contributed by atoms with Crippen molar-refractivity contribution in [2.75, 3.05) is 5.75 Å². The quantitative estimate of drug-likeness (QED) is 0.624. The lowest BCUT2D eigenvalue weighted by atomic mass is 10.1. The minimum absolute atomic E-state index is 0.457. The molecule has 116 valence electrons. The lowest BCUT2D eigenvalue weighted by Crippen LogP contribution is -1.99. The number of aliphatic hydroxyl groups is 1. The van der Waals surface area contributed by atoms with E-state index in [1.54, 1.807) is 11.8 Å². The van der Waals surface area contributed by atoms with E-state index in [9.17, 15) is 5.11 Å². The van der Waals surface area contributed by atoms with Crippen LogP contribution in [0.3, 0.4) is 0 Å². The van der Waals surface area contributed by atoms with Gasteiger partial charge in [-0.1, -0.05) is 48.5 Å². The minimum Gasteiger partial charge on any atom is -0.457 e. The van der Waals surface area contributed by atoms with E-state index in [1.807, 2.05) is 84.9 Å². The van der Waals surface area contributed by atoms with Crippen molar-refractivity contribution < 1.29 is 9.84 Å². The summed E-state index contributed by atoms with van der Waals surface area (Å²) < 4.78 is 5.77. The van der Waals surface area contributed by atoms with Crippen LogP contribution in [-0.4, -0.2) is 10.9 Å². The van der Waals surface area contributed by atoms with Crippen LogP contribution in [0.2, 0.25) is 0 Å². The first-order chi connectivity index (χ1) is 11.3. The number of para-hydroxylation sites is 1. The molecule has 0 aliphatic heterocycles. The van der Waals surface area contributed by atoms with Crippen molar-refractivity contribution in [1.29, 1.82) is 0 Å². The van der Waals surface area contributed by atoms with Crippen LogP contribution in [0.4, 0.5) is 0 Å². The van der Waals surface area contributed by atoms with Crippen LogP contribution in [0.15, 0.2) is 89.8 Å². The smallest absolute Gasteiger partial charge is 0.127 e. The molecule has 2 nitrogen and oxygen atoms in total. The van der Waals surface area contributed by atoms with E-state index in [0.29, 0.717) is 5.75 Å². The fraction of sp³-hybridized carbons (Fsp3) is 0.100. The largest absolute Gasteiger partial charge is 0.457 e. The normalized spacial score (nSPS) is 11.9. The molecule has 3 heteroatoms. The summed E-state index contributed by atoms with van der Waals surface area (Å²) in [6, 6.07) is 27.4. The number of thioether (sulfide) groups is 1. The third-order valence-electron chi connectivity index (χ3n) is 3.39. The molecule has 0 spiro atoms. The van der Waals surface area contributed by atoms with Crippen molar-refractivity contribution in [2.24, 2.45) is 0 Å². The fourth-order valence-electron chi connectivity index (χ4n) is 2.18. The van der Waals surface area contributed by atoms with Gasteiger partial charge in [-0.3, -0.25) is 0 Å². The van der Waals surface area contributed by atoms with E-state index < -0.39 is 6.10 Å². The molecule has 0 heterocycles. The van der Waals surface area contributed by atoms with Gasteiger partial charge in [-0.25, -0.2) is 0 Å². The van der Waals surface area contributed by atoms with Crippen molar-refractivity contribution in [3.05, 3.63) is 90.5 Å². The molecule has 0 bridgehead atoms. The Bertz CT molecular complexity index is 712. The summed E-state index contributed by atoms with van der Waals surface area (Å²) in [6.07, 6.45) is -0.457. The molecule has 0 aromatic heterocycles. The maximum Gasteiger partial charge on any atom is 0.127 e. The van der Waals surface area contributed by atoms with Gasteiger partial charge in [0.1, 0.15) is 11.5 Å². The second-order valence-corrected chi connectivity index (χ2v) is 6.22. The molecule has 1 N–H and O–H groups in total. The van der Waals surface area contributed by atoms with Crippen molar-refractivity contribution in [2.45, 2.75) is 11.0 Å². The van der Waals surface area contributed by atoms with Gasteiger partial charge in [-0.15, -0.1) is 11.8 Å². The second kappa shape index (κ2) is 7.86. The molecule has 23 heavy (non-hydrogen) atoms. The standard InChI is InChI=1S/C20H18O2S/c21-20(16-7-3-1-4-8-16)15-23-19-13-11-18(12-14-19)22-17-9-5-2-6-10-17/h1-14,20-21H,15H2. The lowest BCUT2D eigenvalue weighted by Gasteiger charge is -2.11. The molecule has 0 fully saturated rings. The Hall–Kier alpha value is -2.23. The molecule has 1 unspecified atom stereocenters. The highest BCUT2D eigenvalue weighted by atomic mass is 32.2. The van der Waals surface area contributed by atoms with Crippen LogP contribution in [0, 0.1) is 0 Å². The highest BCUT2D eigenvalue weighted by Crippen LogP contribution is 2.28. The summed E-state index contributed by atoms with van der Waals surface area (Å²) in [7, 11) is 0. The van der Waals surface area contributed by atoms with E-state index in [0.717, 1.165) is 22.0 Å². The monoisotopic (exact) mass is 322 g/mol. The van der Waals surface area contributed by atoms with Gasteiger partial charge in [0.15, 0.2) is 0 Å². The first-order valence-electron chi connectivity index (χ1n) is 7.50. The van der Waals surface area contributed by atoms with Crippen molar-refractivity contribution >= 4 is 11.8 Å². The van der Waals surface area contributed by atoms with Crippen LogP contribution in [0.25, 0.3) is 0 Å². The zero-order valence-electron chi connectivity index (χ0n) is 12.6. The van der Waals surface area contributed by atoms with E-state index >= 15 is 0 Å². The van der Waals surface area contributed by atoms with Crippen molar-refractivity contribution in [3.63, 3.8) is 0 Å². The number of aliphatic hydroxyl groups excluding tert-OH is 1. The second-order valence-electron chi connectivity index (χ2n) is 5.12. The van der Waals surface area contributed by atoms with E-state index in [2.05, 4.69) is 0 Å². The Labute approximate surface area is 140 Å². The van der Waals surface area contributed by atoms with Gasteiger partial charge < -0.3 is 9.84 Å². The predicted octanol–water partition coefficient (Wildman–Crippen LogP) is 5.30. The van der Waals surface area contributed by atoms with E-state index in [1.165, 1.54) is 0 Å². The molecule has 1 atom stereocenters. The number of hydrogen-bond acceptors (Lipinski definition) is 3. The molecule has 3 rings (SSSR count). The molecule has 0 saturated carbocycles. The first-order valence-corrected chi connectivity index (χ1v) is 8.48. The summed E-state index contributed by atoms with van der Waals surface area (Å²) in [5.74, 6) is 2.26. The minimum atomic E-state index is -0.457. The predicted molar refractivity (Wildman–Crippen MR) is 95.1 cm³/mol. The average Bonchev–Trinajstić information content (AvgIpc) is 2.62. The number of rotatable bonds is 6. The fourth-order valence-corrected chi connectivity index (χ4v) is 3.05. The van der Waals surface area contributed by atoms with Crippen molar-refractivity contribution in [1.82, 2.24) is 0 Å². The van der Waals surface area contributed by atoms with Crippen molar-refractivity contribution in [3.8, 4) is 11.5 Å². The van der Waals surface area contributed by atoms with Crippen LogP contribution in [0.5, 0.6) is 11.5 Å². The summed E-state index contributed by atoms with van der Waals surface area (Å²) in [5.41, 5.74) is 0.948. The Morgan fingerprint density at radius 3 is 1.96 bits per heavy atom. The molecule has 3 aromatic carbocycles. The summed E-state index contributed by atoms with van der Waals surface area (Å²) in [4.78, 5) is 1.11. The molecule has 0 aliphatic rings. The molecular weight excluding hydrogens is 304 g/mol. The Balaban J connectivity index is 1.55. The molecule has 3 aromatic rings. The van der Waals surface area contributed by atoms with E-state index in [-0.39, 0.29) is 0 Å². The Kier molecular flexibility index (Phi) is 5.35. The third-order valence-corrected chi connectivity index (χ3v) is 4.48. The average molecular weight is 322 g/mol. The Morgan fingerprint density at radius 1 is 0.739 bits per heavy atom. The van der Waals surface area contributed by atoms with Gasteiger partial charge in [0.05, 0.1) is 6.10 Å². The lowest BCUT2D eigenvalue weighted by molar-refractivity contribution is 0.204. The number of ether oxygens (including phenoxy) is 1. The maximum absolute atomic E-state index is 10.2. The zero-order valence-corrected chi connectivity index (χ0v) is 13.4.